The summed E-state index contributed by atoms with van der Waals surface area (Å²) in [5.41, 5.74) is 4.69. The average Bonchev–Trinajstić information content (AvgIpc) is 0.961. The second-order valence-corrected chi connectivity index (χ2v) is 31.1. The van der Waals surface area contributed by atoms with E-state index in [0.29, 0.717) is 191 Å². The number of amides is 3. The molecule has 124 heavy (non-hydrogen) atoms. The maximum atomic E-state index is 14.7. The highest BCUT2D eigenvalue weighted by Crippen LogP contribution is 2.48. The van der Waals surface area contributed by atoms with Crippen LogP contribution in [0.5, 0.6) is 64.4 Å². The largest absolute Gasteiger partial charge is 0.462 e. The minimum Gasteiger partial charge on any atom is -0.462 e. The molecule has 1 saturated carbocycles. The summed E-state index contributed by atoms with van der Waals surface area (Å²) < 4.78 is 81.4. The van der Waals surface area contributed by atoms with Gasteiger partial charge in [-0.05, 0) is 118 Å². The van der Waals surface area contributed by atoms with Gasteiger partial charge in [0, 0.05) is 133 Å². The summed E-state index contributed by atoms with van der Waals surface area (Å²) in [7, 11) is 2.09. The van der Waals surface area contributed by atoms with Gasteiger partial charge in [0.25, 0.3) is 0 Å². The molecule has 4 saturated heterocycles. The Morgan fingerprint density at radius 3 is 1.33 bits per heavy atom. The smallest absolute Gasteiger partial charge is 0.324 e. The normalized spacial score (nSPS) is 15.6. The summed E-state index contributed by atoms with van der Waals surface area (Å²) in [4.78, 5) is 96.6. The molecule has 19 rings (SSSR count). The minimum atomic E-state index is -0.673. The van der Waals surface area contributed by atoms with Crippen LogP contribution in [0, 0.1) is 24.4 Å². The van der Waals surface area contributed by atoms with Gasteiger partial charge in [0.2, 0.25) is 35.4 Å². The number of anilines is 3. The number of H-pyrrole nitrogens is 3. The van der Waals surface area contributed by atoms with Gasteiger partial charge < -0.3 is 62.7 Å². The number of halogens is 5. The Balaban J connectivity index is 0.000000132. The average molecular weight is 1720 g/mol. The van der Waals surface area contributed by atoms with Crippen LogP contribution in [0.25, 0.3) is 65.4 Å². The number of likely N-dealkylation sites (tertiary alicyclic amines) is 1. The first-order valence-electron chi connectivity index (χ1n) is 40.3. The van der Waals surface area contributed by atoms with Gasteiger partial charge in [-0.15, -0.1) is 0 Å². The van der Waals surface area contributed by atoms with Gasteiger partial charge in [-0.1, -0.05) is 75.0 Å². The molecule has 1 aliphatic carbocycles. The lowest BCUT2D eigenvalue weighted by molar-refractivity contribution is -0.127. The highest BCUT2D eigenvalue weighted by atomic mass is 35.5. The fourth-order valence-corrected chi connectivity index (χ4v) is 15.8. The summed E-state index contributed by atoms with van der Waals surface area (Å²) in [5.74, 6) is 2.33. The van der Waals surface area contributed by atoms with Crippen molar-refractivity contribution >= 4 is 124 Å². The van der Waals surface area contributed by atoms with Crippen LogP contribution in [-0.4, -0.2) is 223 Å². The molecule has 0 radical (unpaired) electrons. The van der Waals surface area contributed by atoms with Gasteiger partial charge in [0.1, 0.15) is 79.6 Å². The number of nitrogens with one attached hydrogen (secondary N) is 3. The topological polar surface area (TPSA) is 344 Å². The SMILES string of the molecule is C=CC(=O)N1CCN(c2nc(OC[C@@H]3CCCN3C)nc3c(Oc4c(C)c(F)cc5[nH]ncc45)nccc23)CC1.C=CC(=O)N1CCN(c2nc(Oc3ccccc3C3CC3)nc3c(Oc4c(Cl)c(F)cc5[nH]ncc45)nccc23)CC1.C=CC(=O)N1CCN(c2nc(Oc3cccnc3C(C)C)nc3c(Oc4c(Cl)c(F)cc5[nH]ncc45)nccc23)CC1. The van der Waals surface area contributed by atoms with Gasteiger partial charge in [0.05, 0.1) is 73.2 Å². The van der Waals surface area contributed by atoms with E-state index in [1.165, 1.54) is 48.8 Å². The number of hydrogen-bond acceptors (Lipinski definition) is 26. The molecule has 14 aromatic rings. The van der Waals surface area contributed by atoms with Crippen LogP contribution in [0.15, 0.2) is 154 Å². The highest BCUT2D eigenvalue weighted by molar-refractivity contribution is 6.34. The molecule has 3 N–H and O–H groups in total. The van der Waals surface area contributed by atoms with Crippen molar-refractivity contribution in [2.24, 2.45) is 0 Å². The van der Waals surface area contributed by atoms with Crippen molar-refractivity contribution in [1.29, 1.82) is 0 Å². The van der Waals surface area contributed by atoms with E-state index < -0.39 is 17.5 Å². The quantitative estimate of drug-likeness (QED) is 0.0563. The van der Waals surface area contributed by atoms with E-state index in [1.807, 2.05) is 43.0 Å². The molecule has 0 spiro atoms. The number of likely N-dealkylation sites (N-methyl/N-ethyl adjacent to an activating group) is 1. The molecule has 10 aromatic heterocycles. The first-order chi connectivity index (χ1) is 60.3. The van der Waals surface area contributed by atoms with Gasteiger partial charge >= 0.3 is 18.0 Å². The third kappa shape index (κ3) is 17.0. The Morgan fingerprint density at radius 2 is 0.895 bits per heavy atom. The number of aromatic amines is 3. The van der Waals surface area contributed by atoms with E-state index in [0.717, 1.165) is 48.9 Å². The van der Waals surface area contributed by atoms with Crippen LogP contribution in [0.2, 0.25) is 10.0 Å². The molecule has 0 bridgehead atoms. The van der Waals surface area contributed by atoms with Crippen LogP contribution in [-0.2, 0) is 14.4 Å². The minimum absolute atomic E-state index is 0.0497. The summed E-state index contributed by atoms with van der Waals surface area (Å²) >= 11 is 12.7. The van der Waals surface area contributed by atoms with Crippen LogP contribution < -0.4 is 43.1 Å². The van der Waals surface area contributed by atoms with Crippen molar-refractivity contribution in [3.05, 3.63) is 198 Å². The molecule has 37 heteroatoms. The number of carbonyl (C=O) groups excluding carboxylic acids is 3. The van der Waals surface area contributed by atoms with Crippen molar-refractivity contribution in [1.82, 2.24) is 100 Å². The zero-order valence-electron chi connectivity index (χ0n) is 67.8. The zero-order valence-corrected chi connectivity index (χ0v) is 69.3. The lowest BCUT2D eigenvalue weighted by Gasteiger charge is -2.35. The molecule has 5 aliphatic rings. The van der Waals surface area contributed by atoms with Gasteiger partial charge in [-0.3, -0.25) is 34.7 Å². The van der Waals surface area contributed by atoms with Crippen LogP contribution >= 0.6 is 23.2 Å². The Morgan fingerprint density at radius 1 is 0.484 bits per heavy atom. The van der Waals surface area contributed by atoms with E-state index in [-0.39, 0.29) is 86.9 Å². The fraction of sp³-hybridized carbons (Fsp3) is 0.287. The number of hydrogen-bond donors (Lipinski definition) is 3. The van der Waals surface area contributed by atoms with E-state index in [4.69, 9.17) is 76.5 Å². The first-order valence-corrected chi connectivity index (χ1v) is 41.0. The Hall–Kier alpha value is -13.9. The second kappa shape index (κ2) is 35.6. The summed E-state index contributed by atoms with van der Waals surface area (Å²) in [6.45, 7) is 24.3. The number of rotatable bonds is 21. The summed E-state index contributed by atoms with van der Waals surface area (Å²) in [6.07, 6.45) is 19.4. The maximum absolute atomic E-state index is 14.7. The predicted molar refractivity (Wildman–Crippen MR) is 460 cm³/mol. The molecule has 4 aliphatic heterocycles. The molecule has 0 unspecified atom stereocenters. The number of carbonyl (C=O) groups is 3. The second-order valence-electron chi connectivity index (χ2n) is 30.3. The Kier molecular flexibility index (Phi) is 23.7. The van der Waals surface area contributed by atoms with Crippen molar-refractivity contribution in [2.75, 3.05) is 113 Å². The molecule has 634 valence electrons. The maximum Gasteiger partial charge on any atom is 0.324 e. The number of nitrogens with zero attached hydrogens (tertiary/aromatic N) is 20. The van der Waals surface area contributed by atoms with Crippen molar-refractivity contribution in [3.8, 4) is 64.4 Å². The third-order valence-corrected chi connectivity index (χ3v) is 23.0. The first kappa shape index (κ1) is 82.4. The fourth-order valence-electron chi connectivity index (χ4n) is 15.4. The summed E-state index contributed by atoms with van der Waals surface area (Å²) in [6, 6.07) is 21.4. The summed E-state index contributed by atoms with van der Waals surface area (Å²) in [5, 5.41) is 23.5. The van der Waals surface area contributed by atoms with Gasteiger partial charge in [-0.25, -0.2) is 28.1 Å². The Bertz CT molecular complexity index is 6210. The number of ether oxygens (including phenoxy) is 6. The molecule has 4 aromatic carbocycles. The van der Waals surface area contributed by atoms with E-state index in [2.05, 4.69) is 103 Å². The van der Waals surface area contributed by atoms with E-state index in [1.54, 1.807) is 76.9 Å². The Labute approximate surface area is 716 Å². The number of pyridine rings is 4. The number of benzene rings is 4. The lowest BCUT2D eigenvalue weighted by atomic mass is 10.1. The van der Waals surface area contributed by atoms with Crippen molar-refractivity contribution < 1.29 is 56.0 Å². The van der Waals surface area contributed by atoms with Crippen LogP contribution in [0.1, 0.15) is 68.2 Å². The van der Waals surface area contributed by atoms with E-state index in [9.17, 15) is 27.6 Å². The predicted octanol–water partition coefficient (Wildman–Crippen LogP) is 15.1. The van der Waals surface area contributed by atoms with Crippen molar-refractivity contribution in [3.63, 3.8) is 0 Å². The van der Waals surface area contributed by atoms with Crippen LogP contribution in [0.3, 0.4) is 0 Å². The molecule has 32 nitrogen and oxygen atoms in total. The molecule has 14 heterocycles. The standard InChI is InChI=1S/C30H25ClFN7O3.C29H26ClFN8O3.C28H31FN8O3/c1-2-24(40)38-11-13-39(14-12-38)28-19-9-10-33-29(42-27-20-16-34-37-22(20)15-21(32)25(27)31)26(19)35-30(36-28)41-23-6-4-3-5-18(23)17-7-8-17;1-4-22(40)38-10-12-39(13-11-38)27-17-7-9-33-28(42-26-18-15-34-37-20(18)14-19(31)23(26)30)25(17)35-29(36-27)41-21-6-5-8-32-24(21)16(2)3;1-4-23(38)36-10-12-37(13-11-36)26-19-7-8-30-27(40-25-17(2)21(29)14-22-20(25)15-31-34-22)24(19)32-28(33-26)39-16-18-6-5-9-35(18)3/h2-6,9-10,15-17H,1,7-8,11-14H2,(H,34,37);4-9,14-16H,1,10-13H2,2-3H3,(H,34,37);4,7-8,14-15,18H,1,5-6,9-13,16H2,2-3H3,(H,31,34)/t;;18-/m..0/s1. The van der Waals surface area contributed by atoms with E-state index >= 15 is 0 Å². The van der Waals surface area contributed by atoms with Gasteiger partial charge in [0.15, 0.2) is 17.2 Å². The third-order valence-electron chi connectivity index (χ3n) is 22.2. The molecular weight excluding hydrogens is 1640 g/mol. The van der Waals surface area contributed by atoms with Crippen LogP contribution in [0.4, 0.5) is 30.6 Å². The molecule has 5 fully saturated rings. The van der Waals surface area contributed by atoms with Crippen molar-refractivity contribution in [2.45, 2.75) is 64.3 Å². The molecule has 3 amide bonds. The van der Waals surface area contributed by atoms with Gasteiger partial charge in [-0.2, -0.15) is 45.2 Å². The number of aromatic nitrogens is 16. The number of piperazine rings is 3. The molecule has 1 atom stereocenters. The zero-order chi connectivity index (χ0) is 86.0. The molecular formula is C87H82Cl2F3N23O9. The number of fused-ring (bicyclic) bond motifs is 6. The monoisotopic (exact) mass is 1720 g/mol. The highest BCUT2D eigenvalue weighted by Gasteiger charge is 2.33. The lowest BCUT2D eigenvalue weighted by Crippen LogP contribution is -2.48. The number of para-hydroxylation sites is 1.